The number of rotatable bonds is 5. The lowest BCUT2D eigenvalue weighted by molar-refractivity contribution is -0.137. The molecule has 1 saturated heterocycles. The fraction of sp³-hybridized carbons (Fsp3) is 0.500. The molecule has 1 atom stereocenters. The minimum absolute atomic E-state index is 0.125. The Bertz CT molecular complexity index is 644. The number of aromatic nitrogens is 2. The Balaban J connectivity index is 1.98. The third-order valence-electron chi connectivity index (χ3n) is 4.30. The third-order valence-corrected chi connectivity index (χ3v) is 4.30. The smallest absolute Gasteiger partial charge is 0.305 e. The molecule has 0 bridgehead atoms. The molecule has 2 heterocycles. The van der Waals surface area contributed by atoms with E-state index in [1.165, 1.54) is 12.8 Å². The first kappa shape index (κ1) is 14.1. The standard InChI is InChI=1S/C16H21N3O2/c1-12(18-9-4-5-10-18)16-17-13-6-2-3-7-14(13)19(16)11-8-15(20)21/h2-3,6-7,12H,4-5,8-11H2,1H3,(H,20,21). The molecule has 0 aliphatic carbocycles. The Kier molecular flexibility index (Phi) is 3.92. The predicted molar refractivity (Wildman–Crippen MR) is 81.2 cm³/mol. The molecule has 0 amide bonds. The van der Waals surface area contributed by atoms with E-state index in [2.05, 4.69) is 16.4 Å². The maximum absolute atomic E-state index is 10.9. The number of para-hydroxylation sites is 2. The van der Waals surface area contributed by atoms with Gasteiger partial charge in [0.25, 0.3) is 0 Å². The second kappa shape index (κ2) is 5.85. The van der Waals surface area contributed by atoms with Gasteiger partial charge in [-0.1, -0.05) is 12.1 Å². The van der Waals surface area contributed by atoms with Gasteiger partial charge >= 0.3 is 5.97 Å². The normalized spacial score (nSPS) is 17.4. The molecule has 1 unspecified atom stereocenters. The minimum Gasteiger partial charge on any atom is -0.481 e. The van der Waals surface area contributed by atoms with Crippen LogP contribution in [0.2, 0.25) is 0 Å². The fourth-order valence-corrected chi connectivity index (χ4v) is 3.15. The van der Waals surface area contributed by atoms with E-state index >= 15 is 0 Å². The third kappa shape index (κ3) is 2.78. The number of imidazole rings is 1. The Hall–Kier alpha value is -1.88. The van der Waals surface area contributed by atoms with Gasteiger partial charge in [0.05, 0.1) is 23.5 Å². The highest BCUT2D eigenvalue weighted by molar-refractivity contribution is 5.76. The highest BCUT2D eigenvalue weighted by atomic mass is 16.4. The maximum atomic E-state index is 10.9. The molecule has 1 aliphatic heterocycles. The number of hydrogen-bond donors (Lipinski definition) is 1. The number of fused-ring (bicyclic) bond motifs is 1. The molecule has 5 heteroatoms. The van der Waals surface area contributed by atoms with Crippen LogP contribution >= 0.6 is 0 Å². The average molecular weight is 287 g/mol. The van der Waals surface area contributed by atoms with Crippen molar-refractivity contribution in [2.24, 2.45) is 0 Å². The summed E-state index contributed by atoms with van der Waals surface area (Å²) in [4.78, 5) is 18.1. The monoisotopic (exact) mass is 287 g/mol. The van der Waals surface area contributed by atoms with Gasteiger partial charge in [-0.05, 0) is 45.0 Å². The zero-order chi connectivity index (χ0) is 14.8. The van der Waals surface area contributed by atoms with E-state index in [-0.39, 0.29) is 12.5 Å². The number of carboxylic acid groups (broad SMARTS) is 1. The van der Waals surface area contributed by atoms with E-state index in [0.29, 0.717) is 6.54 Å². The number of carbonyl (C=O) groups is 1. The summed E-state index contributed by atoms with van der Waals surface area (Å²) < 4.78 is 2.08. The SMILES string of the molecule is CC(c1nc2ccccc2n1CCC(=O)O)N1CCCC1. The van der Waals surface area contributed by atoms with Gasteiger partial charge in [-0.15, -0.1) is 0 Å². The molecular formula is C16H21N3O2. The molecule has 1 aromatic carbocycles. The van der Waals surface area contributed by atoms with E-state index in [4.69, 9.17) is 10.1 Å². The van der Waals surface area contributed by atoms with Crippen LogP contribution in [0.3, 0.4) is 0 Å². The lowest BCUT2D eigenvalue weighted by atomic mass is 10.2. The average Bonchev–Trinajstić information content (AvgIpc) is 3.12. The van der Waals surface area contributed by atoms with E-state index in [1.807, 2.05) is 24.3 Å². The molecule has 5 nitrogen and oxygen atoms in total. The van der Waals surface area contributed by atoms with Crippen LogP contribution < -0.4 is 0 Å². The van der Waals surface area contributed by atoms with Crippen LogP contribution in [0.15, 0.2) is 24.3 Å². The molecule has 0 radical (unpaired) electrons. The minimum atomic E-state index is -0.771. The van der Waals surface area contributed by atoms with Gasteiger partial charge < -0.3 is 9.67 Å². The molecule has 1 aromatic heterocycles. The number of aliphatic carboxylic acids is 1. The van der Waals surface area contributed by atoms with E-state index < -0.39 is 5.97 Å². The molecule has 3 rings (SSSR count). The van der Waals surface area contributed by atoms with Crippen molar-refractivity contribution < 1.29 is 9.90 Å². The highest BCUT2D eigenvalue weighted by Crippen LogP contribution is 2.27. The number of aryl methyl sites for hydroxylation is 1. The van der Waals surface area contributed by atoms with Gasteiger partial charge in [0, 0.05) is 6.54 Å². The molecule has 1 fully saturated rings. The molecule has 0 spiro atoms. The van der Waals surface area contributed by atoms with Crippen molar-refractivity contribution in [1.29, 1.82) is 0 Å². The quantitative estimate of drug-likeness (QED) is 0.918. The van der Waals surface area contributed by atoms with Crippen LogP contribution in [0, 0.1) is 0 Å². The Morgan fingerprint density at radius 3 is 2.76 bits per heavy atom. The van der Waals surface area contributed by atoms with Gasteiger partial charge in [0.1, 0.15) is 5.82 Å². The van der Waals surface area contributed by atoms with E-state index in [1.54, 1.807) is 0 Å². The first-order valence-electron chi connectivity index (χ1n) is 7.58. The first-order chi connectivity index (χ1) is 10.2. The summed E-state index contributed by atoms with van der Waals surface area (Å²) in [5.41, 5.74) is 1.98. The Morgan fingerprint density at radius 1 is 1.33 bits per heavy atom. The summed E-state index contributed by atoms with van der Waals surface area (Å²) in [6, 6.07) is 8.19. The van der Waals surface area contributed by atoms with Crippen LogP contribution in [-0.2, 0) is 11.3 Å². The van der Waals surface area contributed by atoms with Gasteiger partial charge in [-0.2, -0.15) is 0 Å². The van der Waals surface area contributed by atoms with Gasteiger partial charge in [-0.25, -0.2) is 4.98 Å². The predicted octanol–water partition coefficient (Wildman–Crippen LogP) is 2.67. The lowest BCUT2D eigenvalue weighted by Crippen LogP contribution is -2.26. The van der Waals surface area contributed by atoms with Crippen molar-refractivity contribution in [2.75, 3.05) is 13.1 Å². The van der Waals surface area contributed by atoms with Crippen LogP contribution in [0.4, 0.5) is 0 Å². The molecular weight excluding hydrogens is 266 g/mol. The number of carboxylic acids is 1. The highest BCUT2D eigenvalue weighted by Gasteiger charge is 2.24. The van der Waals surface area contributed by atoms with Crippen molar-refractivity contribution in [2.45, 2.75) is 38.8 Å². The largest absolute Gasteiger partial charge is 0.481 e. The maximum Gasteiger partial charge on any atom is 0.305 e. The second-order valence-electron chi connectivity index (χ2n) is 5.67. The Labute approximate surface area is 124 Å². The number of likely N-dealkylation sites (tertiary alicyclic amines) is 1. The summed E-state index contributed by atoms with van der Waals surface area (Å²) in [6.45, 7) is 4.85. The summed E-state index contributed by atoms with van der Waals surface area (Å²) in [5, 5.41) is 8.98. The zero-order valence-electron chi connectivity index (χ0n) is 12.3. The van der Waals surface area contributed by atoms with Gasteiger partial charge in [0.2, 0.25) is 0 Å². The zero-order valence-corrected chi connectivity index (χ0v) is 12.3. The van der Waals surface area contributed by atoms with E-state index in [9.17, 15) is 4.79 Å². The molecule has 21 heavy (non-hydrogen) atoms. The van der Waals surface area contributed by atoms with Crippen LogP contribution in [-0.4, -0.2) is 38.6 Å². The van der Waals surface area contributed by atoms with E-state index in [0.717, 1.165) is 29.9 Å². The van der Waals surface area contributed by atoms with Crippen molar-refractivity contribution >= 4 is 17.0 Å². The van der Waals surface area contributed by atoms with Crippen LogP contribution in [0.5, 0.6) is 0 Å². The summed E-state index contributed by atoms with van der Waals surface area (Å²) in [7, 11) is 0. The van der Waals surface area contributed by atoms with Crippen LogP contribution in [0.25, 0.3) is 11.0 Å². The van der Waals surface area contributed by atoms with Crippen molar-refractivity contribution in [3.8, 4) is 0 Å². The molecule has 1 N–H and O–H groups in total. The summed E-state index contributed by atoms with van der Waals surface area (Å²) in [5.74, 6) is 0.215. The molecule has 2 aromatic rings. The molecule has 1 aliphatic rings. The lowest BCUT2D eigenvalue weighted by Gasteiger charge is -2.24. The number of benzene rings is 1. The molecule has 0 saturated carbocycles. The van der Waals surface area contributed by atoms with Crippen molar-refractivity contribution in [1.82, 2.24) is 14.5 Å². The van der Waals surface area contributed by atoms with Gasteiger partial charge in [-0.3, -0.25) is 9.69 Å². The Morgan fingerprint density at radius 2 is 2.05 bits per heavy atom. The topological polar surface area (TPSA) is 58.4 Å². The molecule has 112 valence electrons. The van der Waals surface area contributed by atoms with Crippen molar-refractivity contribution in [3.05, 3.63) is 30.1 Å². The number of hydrogen-bond acceptors (Lipinski definition) is 3. The van der Waals surface area contributed by atoms with Crippen LogP contribution in [0.1, 0.15) is 38.1 Å². The fourth-order valence-electron chi connectivity index (χ4n) is 3.15. The summed E-state index contributed by atoms with van der Waals surface area (Å²) in [6.07, 6.45) is 2.60. The first-order valence-corrected chi connectivity index (χ1v) is 7.58. The summed E-state index contributed by atoms with van der Waals surface area (Å²) >= 11 is 0. The number of nitrogens with zero attached hydrogens (tertiary/aromatic N) is 3. The second-order valence-corrected chi connectivity index (χ2v) is 5.67. The van der Waals surface area contributed by atoms with Gasteiger partial charge in [0.15, 0.2) is 0 Å². The van der Waals surface area contributed by atoms with Crippen molar-refractivity contribution in [3.63, 3.8) is 0 Å².